The number of hydrogen-bond donors (Lipinski definition) is 0. The van der Waals surface area contributed by atoms with Crippen LogP contribution in [0.4, 0.5) is 0 Å². The predicted molar refractivity (Wildman–Crippen MR) is 74.8 cm³/mol. The quantitative estimate of drug-likeness (QED) is 0.720. The van der Waals surface area contributed by atoms with E-state index in [4.69, 9.17) is 4.74 Å². The molecule has 1 unspecified atom stereocenters. The molecule has 1 aromatic rings. The van der Waals surface area contributed by atoms with Gasteiger partial charge in [0.05, 0.1) is 0 Å². The molecule has 1 rings (SSSR count). The summed E-state index contributed by atoms with van der Waals surface area (Å²) in [6, 6.07) is 8.21. The van der Waals surface area contributed by atoms with Crippen LogP contribution < -0.4 is 0 Å². The molecule has 1 atom stereocenters. The largest absolute Gasteiger partial charge is 0.366 e. The van der Waals surface area contributed by atoms with E-state index in [1.54, 1.807) is 0 Å². The molecule has 0 aromatic heterocycles. The summed E-state index contributed by atoms with van der Waals surface area (Å²) in [5, 5.41) is 0. The molecule has 0 saturated heterocycles. The van der Waals surface area contributed by atoms with Gasteiger partial charge in [0.15, 0.2) is 5.78 Å². The summed E-state index contributed by atoms with van der Waals surface area (Å²) < 4.78 is 5.68. The topological polar surface area (TPSA) is 26.3 Å². The first-order valence-corrected chi connectivity index (χ1v) is 6.84. The molecular formula is C16H24O2. The maximum atomic E-state index is 11.9. The normalized spacial score (nSPS) is 12.7. The summed E-state index contributed by atoms with van der Waals surface area (Å²) in [6.07, 6.45) is 1.05. The van der Waals surface area contributed by atoms with Crippen molar-refractivity contribution < 1.29 is 9.53 Å². The van der Waals surface area contributed by atoms with Crippen LogP contribution in [0.15, 0.2) is 24.3 Å². The van der Waals surface area contributed by atoms with Gasteiger partial charge in [-0.2, -0.15) is 0 Å². The Hall–Kier alpha value is -1.15. The van der Waals surface area contributed by atoms with E-state index in [1.807, 2.05) is 19.1 Å². The third kappa shape index (κ3) is 3.95. The minimum absolute atomic E-state index is 0.153. The standard InChI is InChI=1S/C16H24O2/c1-5-11-18-16(15(17)6-2)14-9-7-13(8-10-14)12(3)4/h7-10,12,16H,5-6,11H2,1-4H3. The summed E-state index contributed by atoms with van der Waals surface area (Å²) in [7, 11) is 0. The molecule has 2 heteroatoms. The monoisotopic (exact) mass is 248 g/mol. The van der Waals surface area contributed by atoms with E-state index in [-0.39, 0.29) is 5.78 Å². The molecule has 0 aliphatic carbocycles. The van der Waals surface area contributed by atoms with E-state index < -0.39 is 6.10 Å². The highest BCUT2D eigenvalue weighted by Gasteiger charge is 2.19. The molecule has 0 aliphatic heterocycles. The third-order valence-corrected chi connectivity index (χ3v) is 3.04. The molecule has 0 spiro atoms. The number of benzene rings is 1. The van der Waals surface area contributed by atoms with Crippen molar-refractivity contribution in [3.63, 3.8) is 0 Å². The van der Waals surface area contributed by atoms with E-state index in [1.165, 1.54) is 5.56 Å². The number of ether oxygens (including phenoxy) is 1. The molecular weight excluding hydrogens is 224 g/mol. The van der Waals surface area contributed by atoms with E-state index in [0.717, 1.165) is 12.0 Å². The van der Waals surface area contributed by atoms with Gasteiger partial charge in [0, 0.05) is 13.0 Å². The van der Waals surface area contributed by atoms with Crippen LogP contribution in [0.25, 0.3) is 0 Å². The van der Waals surface area contributed by atoms with Crippen molar-refractivity contribution in [2.24, 2.45) is 0 Å². The second kappa shape index (κ2) is 7.32. The number of hydrogen-bond acceptors (Lipinski definition) is 2. The maximum absolute atomic E-state index is 11.9. The Morgan fingerprint density at radius 1 is 1.11 bits per heavy atom. The van der Waals surface area contributed by atoms with Crippen molar-refractivity contribution in [3.05, 3.63) is 35.4 Å². The molecule has 1 aromatic carbocycles. The molecule has 0 saturated carbocycles. The highest BCUT2D eigenvalue weighted by Crippen LogP contribution is 2.23. The highest BCUT2D eigenvalue weighted by molar-refractivity contribution is 5.84. The van der Waals surface area contributed by atoms with Gasteiger partial charge in [0.1, 0.15) is 6.10 Å². The predicted octanol–water partition coefficient (Wildman–Crippen LogP) is 4.26. The first-order valence-electron chi connectivity index (χ1n) is 6.84. The lowest BCUT2D eigenvalue weighted by atomic mass is 9.98. The summed E-state index contributed by atoms with van der Waals surface area (Å²) in [5.41, 5.74) is 2.26. The average Bonchev–Trinajstić information content (AvgIpc) is 2.39. The van der Waals surface area contributed by atoms with Gasteiger partial charge in [-0.1, -0.05) is 52.0 Å². The van der Waals surface area contributed by atoms with E-state index >= 15 is 0 Å². The number of ketones is 1. The van der Waals surface area contributed by atoms with E-state index in [2.05, 4.69) is 32.9 Å². The molecule has 0 aliphatic rings. The minimum atomic E-state index is -0.392. The van der Waals surface area contributed by atoms with Crippen LogP contribution in [0.2, 0.25) is 0 Å². The highest BCUT2D eigenvalue weighted by atomic mass is 16.5. The summed E-state index contributed by atoms with van der Waals surface area (Å²) in [6.45, 7) is 8.89. The van der Waals surface area contributed by atoms with Crippen molar-refractivity contribution in [1.29, 1.82) is 0 Å². The van der Waals surface area contributed by atoms with Crippen LogP contribution in [-0.2, 0) is 9.53 Å². The van der Waals surface area contributed by atoms with Crippen LogP contribution in [0.5, 0.6) is 0 Å². The number of carbonyl (C=O) groups is 1. The lowest BCUT2D eigenvalue weighted by molar-refractivity contribution is -0.130. The number of carbonyl (C=O) groups excluding carboxylic acids is 1. The Morgan fingerprint density at radius 3 is 2.11 bits per heavy atom. The van der Waals surface area contributed by atoms with Gasteiger partial charge in [-0.15, -0.1) is 0 Å². The second-order valence-electron chi connectivity index (χ2n) is 4.89. The van der Waals surface area contributed by atoms with Crippen LogP contribution in [-0.4, -0.2) is 12.4 Å². The van der Waals surface area contributed by atoms with Gasteiger partial charge >= 0.3 is 0 Å². The van der Waals surface area contributed by atoms with E-state index in [0.29, 0.717) is 18.9 Å². The third-order valence-electron chi connectivity index (χ3n) is 3.04. The van der Waals surface area contributed by atoms with Crippen molar-refractivity contribution in [2.45, 2.75) is 52.6 Å². The molecule has 0 radical (unpaired) electrons. The van der Waals surface area contributed by atoms with Crippen LogP contribution in [0, 0.1) is 0 Å². The van der Waals surface area contributed by atoms with E-state index in [9.17, 15) is 4.79 Å². The van der Waals surface area contributed by atoms with Gasteiger partial charge in [-0.3, -0.25) is 4.79 Å². The summed E-state index contributed by atoms with van der Waals surface area (Å²) in [4.78, 5) is 11.9. The van der Waals surface area contributed by atoms with Gasteiger partial charge < -0.3 is 4.74 Å². The van der Waals surface area contributed by atoms with Gasteiger partial charge in [0.2, 0.25) is 0 Å². The maximum Gasteiger partial charge on any atom is 0.165 e. The lowest BCUT2D eigenvalue weighted by Gasteiger charge is -2.17. The van der Waals surface area contributed by atoms with Crippen LogP contribution in [0.1, 0.15) is 63.7 Å². The second-order valence-corrected chi connectivity index (χ2v) is 4.89. The summed E-state index contributed by atoms with van der Waals surface area (Å²) >= 11 is 0. The van der Waals surface area contributed by atoms with Crippen molar-refractivity contribution in [2.75, 3.05) is 6.61 Å². The zero-order valence-corrected chi connectivity index (χ0v) is 11.9. The van der Waals surface area contributed by atoms with Crippen molar-refractivity contribution >= 4 is 5.78 Å². The Labute approximate surface area is 110 Å². The fourth-order valence-corrected chi connectivity index (χ4v) is 1.85. The average molecular weight is 248 g/mol. The SMILES string of the molecule is CCCOC(C(=O)CC)c1ccc(C(C)C)cc1. The molecule has 0 N–H and O–H groups in total. The fourth-order valence-electron chi connectivity index (χ4n) is 1.85. The van der Waals surface area contributed by atoms with Gasteiger partial charge in [-0.05, 0) is 23.5 Å². The minimum Gasteiger partial charge on any atom is -0.366 e. The summed E-state index contributed by atoms with van der Waals surface area (Å²) in [5.74, 6) is 0.664. The van der Waals surface area contributed by atoms with Crippen molar-refractivity contribution in [1.82, 2.24) is 0 Å². The first-order chi connectivity index (χ1) is 8.60. The van der Waals surface area contributed by atoms with Crippen molar-refractivity contribution in [3.8, 4) is 0 Å². The Kier molecular flexibility index (Phi) is 6.06. The molecule has 100 valence electrons. The Morgan fingerprint density at radius 2 is 1.67 bits per heavy atom. The molecule has 2 nitrogen and oxygen atoms in total. The number of Topliss-reactive ketones (excluding diaryl/α,β-unsaturated/α-hetero) is 1. The van der Waals surface area contributed by atoms with Gasteiger partial charge in [0.25, 0.3) is 0 Å². The van der Waals surface area contributed by atoms with Crippen LogP contribution in [0.3, 0.4) is 0 Å². The van der Waals surface area contributed by atoms with Crippen LogP contribution >= 0.6 is 0 Å². The molecule has 0 bridgehead atoms. The Bertz CT molecular complexity index is 365. The lowest BCUT2D eigenvalue weighted by Crippen LogP contribution is -2.15. The molecule has 0 fully saturated rings. The smallest absolute Gasteiger partial charge is 0.165 e. The molecule has 0 heterocycles. The zero-order valence-electron chi connectivity index (χ0n) is 11.9. The molecule has 0 amide bonds. The van der Waals surface area contributed by atoms with Gasteiger partial charge in [-0.25, -0.2) is 0 Å². The number of rotatable bonds is 7. The Balaban J connectivity index is 2.87. The fraction of sp³-hybridized carbons (Fsp3) is 0.562. The first kappa shape index (κ1) is 14.9. The zero-order chi connectivity index (χ0) is 13.5. The molecule has 18 heavy (non-hydrogen) atoms.